The van der Waals surface area contributed by atoms with Gasteiger partial charge in [0, 0.05) is 18.8 Å². The fourth-order valence-electron chi connectivity index (χ4n) is 2.21. The van der Waals surface area contributed by atoms with Gasteiger partial charge in [-0.3, -0.25) is 0 Å². The molecule has 98 valence electrons. The molecule has 1 aliphatic rings. The van der Waals surface area contributed by atoms with Crippen LogP contribution in [-0.4, -0.2) is 30.8 Å². The van der Waals surface area contributed by atoms with E-state index >= 15 is 0 Å². The van der Waals surface area contributed by atoms with E-state index in [1.165, 1.54) is 0 Å². The lowest BCUT2D eigenvalue weighted by Crippen LogP contribution is -2.24. The number of nitrogens with one attached hydrogen (secondary N) is 1. The molecule has 0 bridgehead atoms. The van der Waals surface area contributed by atoms with E-state index in [0.29, 0.717) is 17.2 Å². The van der Waals surface area contributed by atoms with Crippen LogP contribution in [0.4, 0.5) is 5.69 Å². The Labute approximate surface area is 107 Å². The van der Waals surface area contributed by atoms with E-state index in [-0.39, 0.29) is 0 Å². The second-order valence-corrected chi connectivity index (χ2v) is 4.82. The molecule has 1 fully saturated rings. The summed E-state index contributed by atoms with van der Waals surface area (Å²) in [7, 11) is 0. The number of hydrogen-bond acceptors (Lipinski definition) is 3. The molecule has 18 heavy (non-hydrogen) atoms. The third-order valence-electron chi connectivity index (χ3n) is 3.24. The van der Waals surface area contributed by atoms with Crippen molar-refractivity contribution in [3.63, 3.8) is 0 Å². The number of hydrogen-bond donors (Lipinski definition) is 2. The largest absolute Gasteiger partial charge is 0.478 e. The van der Waals surface area contributed by atoms with Gasteiger partial charge >= 0.3 is 5.97 Å². The molecular weight excluding hydrogens is 230 g/mol. The third-order valence-corrected chi connectivity index (χ3v) is 3.24. The van der Waals surface area contributed by atoms with Gasteiger partial charge in [0.25, 0.3) is 0 Å². The summed E-state index contributed by atoms with van der Waals surface area (Å²) >= 11 is 0. The molecule has 1 aromatic carbocycles. The van der Waals surface area contributed by atoms with Gasteiger partial charge in [0.05, 0.1) is 12.2 Å². The summed E-state index contributed by atoms with van der Waals surface area (Å²) in [6.45, 7) is 4.28. The predicted molar refractivity (Wildman–Crippen MR) is 70.2 cm³/mol. The molecule has 4 heteroatoms. The molecule has 1 unspecified atom stereocenters. The predicted octanol–water partition coefficient (Wildman–Crippen LogP) is 2.53. The monoisotopic (exact) mass is 249 g/mol. The first-order chi connectivity index (χ1) is 8.66. The van der Waals surface area contributed by atoms with Crippen molar-refractivity contribution < 1.29 is 14.6 Å². The second-order valence-electron chi connectivity index (χ2n) is 4.82. The highest BCUT2D eigenvalue weighted by Gasteiger charge is 2.15. The molecular formula is C14H19NO3. The van der Waals surface area contributed by atoms with Crippen molar-refractivity contribution in [3.05, 3.63) is 29.3 Å². The molecule has 1 saturated heterocycles. The molecule has 1 atom stereocenters. The number of carbonyl (C=O) groups is 1. The standard InChI is InChI=1S/C14H19NO3/c1-10-4-5-13(12(7-10)14(16)17)15-8-11-3-2-6-18-9-11/h4-5,7,11,15H,2-3,6,8-9H2,1H3,(H,16,17). The number of ether oxygens (including phenoxy) is 1. The zero-order valence-electron chi connectivity index (χ0n) is 10.6. The number of rotatable bonds is 4. The first-order valence-electron chi connectivity index (χ1n) is 6.32. The van der Waals surface area contributed by atoms with Gasteiger partial charge in [-0.25, -0.2) is 4.79 Å². The van der Waals surface area contributed by atoms with Crippen LogP contribution in [0.2, 0.25) is 0 Å². The van der Waals surface area contributed by atoms with E-state index in [4.69, 9.17) is 9.84 Å². The van der Waals surface area contributed by atoms with Crippen LogP contribution in [0.15, 0.2) is 18.2 Å². The van der Waals surface area contributed by atoms with Gasteiger partial charge in [0.2, 0.25) is 0 Å². The van der Waals surface area contributed by atoms with Crippen LogP contribution in [0, 0.1) is 12.8 Å². The van der Waals surface area contributed by atoms with Crippen LogP contribution in [-0.2, 0) is 4.74 Å². The van der Waals surface area contributed by atoms with Crippen molar-refractivity contribution in [2.75, 3.05) is 25.1 Å². The Morgan fingerprint density at radius 3 is 3.06 bits per heavy atom. The first-order valence-corrected chi connectivity index (χ1v) is 6.32. The average Bonchev–Trinajstić information content (AvgIpc) is 2.38. The molecule has 2 N–H and O–H groups in total. The van der Waals surface area contributed by atoms with Gasteiger partial charge in [-0.1, -0.05) is 11.6 Å². The molecule has 1 aliphatic heterocycles. The molecule has 0 aromatic heterocycles. The van der Waals surface area contributed by atoms with E-state index in [0.717, 1.165) is 38.2 Å². The van der Waals surface area contributed by atoms with Crippen LogP contribution in [0.3, 0.4) is 0 Å². The fraction of sp³-hybridized carbons (Fsp3) is 0.500. The Hall–Kier alpha value is -1.55. The van der Waals surface area contributed by atoms with Gasteiger partial charge < -0.3 is 15.2 Å². The van der Waals surface area contributed by atoms with Crippen molar-refractivity contribution in [3.8, 4) is 0 Å². The fourth-order valence-corrected chi connectivity index (χ4v) is 2.21. The van der Waals surface area contributed by atoms with E-state index in [9.17, 15) is 4.79 Å². The van der Waals surface area contributed by atoms with Crippen molar-refractivity contribution >= 4 is 11.7 Å². The minimum atomic E-state index is -0.888. The van der Waals surface area contributed by atoms with Crippen molar-refractivity contribution in [1.82, 2.24) is 0 Å². The SMILES string of the molecule is Cc1ccc(NCC2CCCOC2)c(C(=O)O)c1. The highest BCUT2D eigenvalue weighted by molar-refractivity contribution is 5.94. The van der Waals surface area contributed by atoms with Gasteiger partial charge in [-0.15, -0.1) is 0 Å². The quantitative estimate of drug-likeness (QED) is 0.861. The normalized spacial score (nSPS) is 19.5. The topological polar surface area (TPSA) is 58.6 Å². The van der Waals surface area contributed by atoms with Crippen LogP contribution < -0.4 is 5.32 Å². The lowest BCUT2D eigenvalue weighted by Gasteiger charge is -2.23. The summed E-state index contributed by atoms with van der Waals surface area (Å²) in [6, 6.07) is 5.46. The van der Waals surface area contributed by atoms with Gasteiger partial charge in [0.1, 0.15) is 0 Å². The Bertz CT molecular complexity index is 425. The van der Waals surface area contributed by atoms with Crippen LogP contribution in [0.1, 0.15) is 28.8 Å². The number of anilines is 1. The summed E-state index contributed by atoms with van der Waals surface area (Å²) in [5, 5.41) is 12.4. The Kier molecular flexibility index (Phi) is 4.20. The minimum Gasteiger partial charge on any atom is -0.478 e. The van der Waals surface area contributed by atoms with Crippen LogP contribution in [0.25, 0.3) is 0 Å². The van der Waals surface area contributed by atoms with Gasteiger partial charge in [0.15, 0.2) is 0 Å². The lowest BCUT2D eigenvalue weighted by atomic mass is 10.0. The highest BCUT2D eigenvalue weighted by Crippen LogP contribution is 2.20. The van der Waals surface area contributed by atoms with E-state index < -0.39 is 5.97 Å². The summed E-state index contributed by atoms with van der Waals surface area (Å²) < 4.78 is 5.41. The van der Waals surface area contributed by atoms with E-state index in [1.54, 1.807) is 6.07 Å². The minimum absolute atomic E-state index is 0.340. The molecule has 0 aliphatic carbocycles. The lowest BCUT2D eigenvalue weighted by molar-refractivity contribution is 0.0595. The molecule has 0 saturated carbocycles. The summed E-state index contributed by atoms with van der Waals surface area (Å²) in [5.41, 5.74) is 1.99. The second kappa shape index (κ2) is 5.87. The Morgan fingerprint density at radius 2 is 2.39 bits per heavy atom. The molecule has 1 aromatic rings. The van der Waals surface area contributed by atoms with Crippen molar-refractivity contribution in [1.29, 1.82) is 0 Å². The zero-order valence-corrected chi connectivity index (χ0v) is 10.6. The number of aryl methyl sites for hydroxylation is 1. The smallest absolute Gasteiger partial charge is 0.337 e. The molecule has 0 amide bonds. The average molecular weight is 249 g/mol. The van der Waals surface area contributed by atoms with E-state index in [1.807, 2.05) is 19.1 Å². The maximum absolute atomic E-state index is 11.2. The van der Waals surface area contributed by atoms with Crippen LogP contribution in [0.5, 0.6) is 0 Å². The van der Waals surface area contributed by atoms with Gasteiger partial charge in [-0.05, 0) is 37.8 Å². The van der Waals surface area contributed by atoms with Crippen LogP contribution >= 0.6 is 0 Å². The number of benzene rings is 1. The van der Waals surface area contributed by atoms with Gasteiger partial charge in [-0.2, -0.15) is 0 Å². The number of carboxylic acid groups (broad SMARTS) is 1. The number of aromatic carboxylic acids is 1. The highest BCUT2D eigenvalue weighted by atomic mass is 16.5. The van der Waals surface area contributed by atoms with Crippen molar-refractivity contribution in [2.45, 2.75) is 19.8 Å². The van der Waals surface area contributed by atoms with Crippen molar-refractivity contribution in [2.24, 2.45) is 5.92 Å². The van der Waals surface area contributed by atoms with E-state index in [2.05, 4.69) is 5.32 Å². The summed E-state index contributed by atoms with van der Waals surface area (Å²) in [5.74, 6) is -0.414. The first kappa shape index (κ1) is 12.9. The number of carboxylic acids is 1. The Morgan fingerprint density at radius 1 is 1.56 bits per heavy atom. The maximum Gasteiger partial charge on any atom is 0.337 e. The molecule has 2 rings (SSSR count). The third kappa shape index (κ3) is 3.23. The Balaban J connectivity index is 2.01. The molecule has 0 radical (unpaired) electrons. The molecule has 4 nitrogen and oxygen atoms in total. The zero-order chi connectivity index (χ0) is 13.0. The molecule has 0 spiro atoms. The summed E-state index contributed by atoms with van der Waals surface area (Å²) in [6.07, 6.45) is 2.23. The maximum atomic E-state index is 11.2. The summed E-state index contributed by atoms with van der Waals surface area (Å²) in [4.78, 5) is 11.2. The molecule has 1 heterocycles.